The number of carbonyl (C=O) groups is 2. The second kappa shape index (κ2) is 8.26. The highest BCUT2D eigenvalue weighted by Gasteiger charge is 2.15. The Balaban J connectivity index is 2.84. The Morgan fingerprint density at radius 3 is 2.10 bits per heavy atom. The third kappa shape index (κ3) is 4.79. The summed E-state index contributed by atoms with van der Waals surface area (Å²) in [5.41, 5.74) is 0.383. The average molecular weight is 410 g/mol. The van der Waals surface area contributed by atoms with E-state index >= 15 is 0 Å². The average Bonchev–Trinajstić information content (AvgIpc) is 2.38. The van der Waals surface area contributed by atoms with Crippen LogP contribution in [-0.4, -0.2) is 31.8 Å². The Hall–Kier alpha value is -1.08. The highest BCUT2D eigenvalue weighted by atomic mass is 79.9. The molecule has 5 nitrogen and oxygen atoms in total. The minimum absolute atomic E-state index is 0.205. The van der Waals surface area contributed by atoms with Crippen molar-refractivity contribution in [2.75, 3.05) is 19.8 Å². The van der Waals surface area contributed by atoms with Crippen LogP contribution in [0.4, 0.5) is 0 Å². The fraction of sp³-hybridized carbons (Fsp3) is 0.385. The molecule has 0 amide bonds. The normalized spacial score (nSPS) is 10.0. The number of hydrogen-bond acceptors (Lipinski definition) is 5. The largest absolute Gasteiger partial charge is 0.480 e. The van der Waals surface area contributed by atoms with Gasteiger partial charge in [-0.3, -0.25) is 0 Å². The van der Waals surface area contributed by atoms with Gasteiger partial charge in [0.1, 0.15) is 5.75 Å². The van der Waals surface area contributed by atoms with Crippen LogP contribution in [-0.2, 0) is 14.3 Å². The summed E-state index contributed by atoms with van der Waals surface area (Å²) in [5, 5.41) is 0. The zero-order valence-corrected chi connectivity index (χ0v) is 14.2. The molecule has 0 atom stereocenters. The third-order valence-corrected chi connectivity index (χ3v) is 3.33. The molecule has 0 aliphatic rings. The topological polar surface area (TPSA) is 61.8 Å². The molecule has 0 aliphatic carbocycles. The van der Waals surface area contributed by atoms with E-state index in [0.29, 0.717) is 33.5 Å². The molecule has 0 spiro atoms. The molecular weight excluding hydrogens is 396 g/mol. The van der Waals surface area contributed by atoms with Gasteiger partial charge < -0.3 is 14.2 Å². The van der Waals surface area contributed by atoms with E-state index in [4.69, 9.17) is 14.2 Å². The fourth-order valence-electron chi connectivity index (χ4n) is 1.36. The van der Waals surface area contributed by atoms with Crippen LogP contribution in [0.3, 0.4) is 0 Å². The van der Waals surface area contributed by atoms with Gasteiger partial charge >= 0.3 is 11.9 Å². The first kappa shape index (κ1) is 17.0. The third-order valence-electron chi connectivity index (χ3n) is 2.15. The van der Waals surface area contributed by atoms with E-state index < -0.39 is 11.9 Å². The minimum atomic E-state index is -0.458. The Morgan fingerprint density at radius 1 is 1.05 bits per heavy atom. The molecule has 0 fully saturated rings. The molecule has 0 aliphatic heterocycles. The Kier molecular flexibility index (Phi) is 7.01. The molecule has 0 N–H and O–H groups in total. The van der Waals surface area contributed by atoms with Crippen molar-refractivity contribution < 1.29 is 23.8 Å². The van der Waals surface area contributed by atoms with Crippen LogP contribution in [0, 0.1) is 0 Å². The molecule has 1 rings (SSSR count). The van der Waals surface area contributed by atoms with Crippen molar-refractivity contribution in [3.05, 3.63) is 26.6 Å². The van der Waals surface area contributed by atoms with Crippen molar-refractivity contribution in [2.45, 2.75) is 13.8 Å². The molecule has 1 aromatic carbocycles. The summed E-state index contributed by atoms with van der Waals surface area (Å²) in [5.74, 6) is -0.460. The van der Waals surface area contributed by atoms with Gasteiger partial charge in [0.25, 0.3) is 0 Å². The zero-order chi connectivity index (χ0) is 15.1. The van der Waals surface area contributed by atoms with Crippen molar-refractivity contribution in [3.8, 4) is 5.75 Å². The summed E-state index contributed by atoms with van der Waals surface area (Å²) < 4.78 is 16.1. The van der Waals surface area contributed by atoms with Crippen LogP contribution in [0.15, 0.2) is 21.1 Å². The van der Waals surface area contributed by atoms with E-state index in [9.17, 15) is 9.59 Å². The predicted molar refractivity (Wildman–Crippen MR) is 79.9 cm³/mol. The number of carbonyl (C=O) groups excluding carboxylic acids is 2. The zero-order valence-electron chi connectivity index (χ0n) is 11.1. The number of halogens is 2. The Labute approximate surface area is 133 Å². The standard InChI is InChI=1S/C13H14Br2O5/c1-3-18-11(16)7-20-12-9(14)5-8(6-10(12)15)13(17)19-4-2/h5-6H,3-4,7H2,1-2H3. The van der Waals surface area contributed by atoms with Gasteiger partial charge in [0.2, 0.25) is 0 Å². The molecule has 0 radical (unpaired) electrons. The maximum Gasteiger partial charge on any atom is 0.344 e. The maximum absolute atomic E-state index is 11.6. The van der Waals surface area contributed by atoms with Crippen molar-refractivity contribution in [2.24, 2.45) is 0 Å². The van der Waals surface area contributed by atoms with Crippen molar-refractivity contribution in [1.29, 1.82) is 0 Å². The van der Waals surface area contributed by atoms with Crippen LogP contribution in [0.5, 0.6) is 5.75 Å². The molecule has 0 bridgehead atoms. The molecule has 7 heteroatoms. The highest BCUT2D eigenvalue weighted by Crippen LogP contribution is 2.35. The molecule has 110 valence electrons. The van der Waals surface area contributed by atoms with E-state index in [0.717, 1.165) is 0 Å². The van der Waals surface area contributed by atoms with Gasteiger partial charge in [0.15, 0.2) is 6.61 Å². The summed E-state index contributed by atoms with van der Waals surface area (Å²) in [7, 11) is 0. The van der Waals surface area contributed by atoms with Crippen LogP contribution in [0.25, 0.3) is 0 Å². The molecule has 0 aromatic heterocycles. The molecule has 1 aromatic rings. The van der Waals surface area contributed by atoms with Gasteiger partial charge in [-0.2, -0.15) is 0 Å². The van der Waals surface area contributed by atoms with Crippen LogP contribution in [0.2, 0.25) is 0 Å². The monoisotopic (exact) mass is 408 g/mol. The van der Waals surface area contributed by atoms with Crippen LogP contribution >= 0.6 is 31.9 Å². The number of rotatable bonds is 6. The number of esters is 2. The number of ether oxygens (including phenoxy) is 3. The van der Waals surface area contributed by atoms with Crippen molar-refractivity contribution >= 4 is 43.8 Å². The van der Waals surface area contributed by atoms with Crippen molar-refractivity contribution in [1.82, 2.24) is 0 Å². The number of benzene rings is 1. The molecule has 20 heavy (non-hydrogen) atoms. The molecule has 0 unspecified atom stereocenters. The number of hydrogen-bond donors (Lipinski definition) is 0. The summed E-state index contributed by atoms with van der Waals surface area (Å²) in [6.45, 7) is 3.85. The lowest BCUT2D eigenvalue weighted by molar-refractivity contribution is -0.145. The first-order valence-corrected chi connectivity index (χ1v) is 7.52. The van der Waals surface area contributed by atoms with Gasteiger partial charge in [0.05, 0.1) is 27.7 Å². The lowest BCUT2D eigenvalue weighted by Crippen LogP contribution is -2.15. The lowest BCUT2D eigenvalue weighted by Gasteiger charge is -2.11. The van der Waals surface area contributed by atoms with Crippen LogP contribution in [0.1, 0.15) is 24.2 Å². The molecule has 0 saturated heterocycles. The van der Waals surface area contributed by atoms with Gasteiger partial charge in [0, 0.05) is 0 Å². The smallest absolute Gasteiger partial charge is 0.344 e. The van der Waals surface area contributed by atoms with Gasteiger partial charge in [-0.1, -0.05) is 0 Å². The summed E-state index contributed by atoms with van der Waals surface area (Å²) >= 11 is 6.58. The first-order chi connectivity index (χ1) is 9.49. The summed E-state index contributed by atoms with van der Waals surface area (Å²) in [6.07, 6.45) is 0. The SMILES string of the molecule is CCOC(=O)COc1c(Br)cc(C(=O)OCC)cc1Br. The first-order valence-electron chi connectivity index (χ1n) is 5.94. The van der Waals surface area contributed by atoms with Crippen LogP contribution < -0.4 is 4.74 Å². The van der Waals surface area contributed by atoms with Gasteiger partial charge in [-0.25, -0.2) is 9.59 Å². The fourth-order valence-corrected chi connectivity index (χ4v) is 2.78. The second-order valence-electron chi connectivity index (χ2n) is 3.58. The van der Waals surface area contributed by atoms with E-state index in [1.807, 2.05) is 0 Å². The Bertz CT molecular complexity index is 479. The molecular formula is C13H14Br2O5. The Morgan fingerprint density at radius 2 is 1.60 bits per heavy atom. The van der Waals surface area contributed by atoms with Gasteiger partial charge in [-0.05, 0) is 57.8 Å². The maximum atomic E-state index is 11.6. The van der Waals surface area contributed by atoms with E-state index in [1.165, 1.54) is 0 Å². The second-order valence-corrected chi connectivity index (χ2v) is 5.29. The van der Waals surface area contributed by atoms with E-state index in [-0.39, 0.29) is 6.61 Å². The van der Waals surface area contributed by atoms with E-state index in [1.54, 1.807) is 26.0 Å². The lowest BCUT2D eigenvalue weighted by atomic mass is 10.2. The summed E-state index contributed by atoms with van der Waals surface area (Å²) in [4.78, 5) is 22.9. The van der Waals surface area contributed by atoms with Gasteiger partial charge in [-0.15, -0.1) is 0 Å². The highest BCUT2D eigenvalue weighted by molar-refractivity contribution is 9.11. The molecule has 0 saturated carbocycles. The molecule has 0 heterocycles. The predicted octanol–water partition coefficient (Wildman–Crippen LogP) is 3.33. The summed E-state index contributed by atoms with van der Waals surface area (Å²) in [6, 6.07) is 3.15. The van der Waals surface area contributed by atoms with Crippen molar-refractivity contribution in [3.63, 3.8) is 0 Å². The van der Waals surface area contributed by atoms with E-state index in [2.05, 4.69) is 31.9 Å². The quantitative estimate of drug-likeness (QED) is 0.674. The minimum Gasteiger partial charge on any atom is -0.480 e.